The molecular weight excluding hydrogens is 332 g/mol. The Morgan fingerprint density at radius 3 is 2.64 bits per heavy atom. The standard InChI is InChI=1S/C19H22N4OS/c1-14-10-15(2)12-17(11-14)24-8-5-9-25-19-22-21-18(23(19)3)16-6-4-7-20-13-16/h4,6-7,10-13H,5,8-9H2,1-3H3. The first-order chi connectivity index (χ1) is 12.1. The van der Waals surface area contributed by atoms with Crippen molar-refractivity contribution in [1.29, 1.82) is 0 Å². The second-order valence-corrected chi connectivity index (χ2v) is 7.04. The van der Waals surface area contributed by atoms with Gasteiger partial charge in [-0.15, -0.1) is 10.2 Å². The van der Waals surface area contributed by atoms with Gasteiger partial charge in [-0.25, -0.2) is 0 Å². The summed E-state index contributed by atoms with van der Waals surface area (Å²) < 4.78 is 7.85. The lowest BCUT2D eigenvalue weighted by molar-refractivity contribution is 0.318. The molecule has 2 aromatic heterocycles. The smallest absolute Gasteiger partial charge is 0.191 e. The van der Waals surface area contributed by atoms with Gasteiger partial charge in [0.05, 0.1) is 6.61 Å². The Morgan fingerprint density at radius 1 is 1.12 bits per heavy atom. The first-order valence-electron chi connectivity index (χ1n) is 8.27. The van der Waals surface area contributed by atoms with Gasteiger partial charge in [0, 0.05) is 30.8 Å². The molecule has 130 valence electrons. The van der Waals surface area contributed by atoms with Crippen LogP contribution in [0.25, 0.3) is 11.4 Å². The Morgan fingerprint density at radius 2 is 1.92 bits per heavy atom. The summed E-state index contributed by atoms with van der Waals surface area (Å²) in [5.74, 6) is 2.71. The van der Waals surface area contributed by atoms with Gasteiger partial charge in [0.25, 0.3) is 0 Å². The van der Waals surface area contributed by atoms with E-state index in [1.54, 1.807) is 24.2 Å². The van der Waals surface area contributed by atoms with Crippen molar-refractivity contribution in [3.8, 4) is 17.1 Å². The van der Waals surface area contributed by atoms with E-state index in [9.17, 15) is 0 Å². The average molecular weight is 354 g/mol. The van der Waals surface area contributed by atoms with Gasteiger partial charge in [-0.1, -0.05) is 17.8 Å². The molecule has 3 aromatic rings. The molecule has 0 aliphatic rings. The first kappa shape index (κ1) is 17.5. The number of pyridine rings is 1. The number of nitrogens with zero attached hydrogens (tertiary/aromatic N) is 4. The summed E-state index contributed by atoms with van der Waals surface area (Å²) in [6.07, 6.45) is 4.51. The topological polar surface area (TPSA) is 52.8 Å². The number of hydrogen-bond donors (Lipinski definition) is 0. The molecule has 0 amide bonds. The third-order valence-corrected chi connectivity index (χ3v) is 4.84. The molecule has 0 aliphatic heterocycles. The van der Waals surface area contributed by atoms with E-state index in [0.29, 0.717) is 6.61 Å². The van der Waals surface area contributed by atoms with Crippen molar-refractivity contribution < 1.29 is 4.74 Å². The molecule has 6 heteroatoms. The van der Waals surface area contributed by atoms with Crippen molar-refractivity contribution in [2.45, 2.75) is 25.4 Å². The highest BCUT2D eigenvalue weighted by Gasteiger charge is 2.10. The van der Waals surface area contributed by atoms with E-state index in [4.69, 9.17) is 4.74 Å². The largest absolute Gasteiger partial charge is 0.494 e. The van der Waals surface area contributed by atoms with Crippen molar-refractivity contribution >= 4 is 11.8 Å². The number of hydrogen-bond acceptors (Lipinski definition) is 5. The van der Waals surface area contributed by atoms with Gasteiger partial charge in [-0.3, -0.25) is 4.98 Å². The Balaban J connectivity index is 1.49. The first-order valence-corrected chi connectivity index (χ1v) is 9.26. The van der Waals surface area contributed by atoms with E-state index < -0.39 is 0 Å². The minimum absolute atomic E-state index is 0.698. The van der Waals surface area contributed by atoms with Crippen LogP contribution in [0, 0.1) is 13.8 Å². The fourth-order valence-corrected chi connectivity index (χ4v) is 3.44. The molecule has 0 saturated carbocycles. The fraction of sp³-hybridized carbons (Fsp3) is 0.316. The Labute approximate surface area is 152 Å². The van der Waals surface area contributed by atoms with Crippen LogP contribution in [-0.4, -0.2) is 32.1 Å². The molecule has 25 heavy (non-hydrogen) atoms. The minimum Gasteiger partial charge on any atom is -0.494 e. The third kappa shape index (κ3) is 4.60. The maximum absolute atomic E-state index is 5.85. The van der Waals surface area contributed by atoms with E-state index in [1.807, 2.05) is 23.7 Å². The van der Waals surface area contributed by atoms with Crippen LogP contribution in [0.4, 0.5) is 0 Å². The van der Waals surface area contributed by atoms with E-state index in [2.05, 4.69) is 47.2 Å². The van der Waals surface area contributed by atoms with E-state index in [-0.39, 0.29) is 0 Å². The molecule has 1 aromatic carbocycles. The van der Waals surface area contributed by atoms with Crippen molar-refractivity contribution in [1.82, 2.24) is 19.7 Å². The zero-order valence-corrected chi connectivity index (χ0v) is 15.6. The molecule has 0 atom stereocenters. The van der Waals surface area contributed by atoms with Crippen LogP contribution in [0.5, 0.6) is 5.75 Å². The molecule has 0 bridgehead atoms. The fourth-order valence-electron chi connectivity index (χ4n) is 2.62. The van der Waals surface area contributed by atoms with Crippen LogP contribution in [0.1, 0.15) is 17.5 Å². The molecule has 0 unspecified atom stereocenters. The van der Waals surface area contributed by atoms with Crippen molar-refractivity contribution in [2.24, 2.45) is 7.05 Å². The van der Waals surface area contributed by atoms with Gasteiger partial charge >= 0.3 is 0 Å². The Hall–Kier alpha value is -2.34. The van der Waals surface area contributed by atoms with E-state index in [0.717, 1.165) is 34.5 Å². The summed E-state index contributed by atoms with van der Waals surface area (Å²) in [5.41, 5.74) is 3.43. The van der Waals surface area contributed by atoms with Crippen molar-refractivity contribution in [3.63, 3.8) is 0 Å². The zero-order chi connectivity index (χ0) is 17.6. The number of aryl methyl sites for hydroxylation is 2. The van der Waals surface area contributed by atoms with Crippen molar-refractivity contribution in [3.05, 3.63) is 53.9 Å². The molecule has 0 radical (unpaired) electrons. The Bertz CT molecular complexity index is 812. The SMILES string of the molecule is Cc1cc(C)cc(OCCCSc2nnc(-c3cccnc3)n2C)c1. The van der Waals surface area contributed by atoms with Crippen molar-refractivity contribution in [2.75, 3.05) is 12.4 Å². The number of benzene rings is 1. The van der Waals surface area contributed by atoms with Crippen LogP contribution in [0.3, 0.4) is 0 Å². The summed E-state index contributed by atoms with van der Waals surface area (Å²) in [4.78, 5) is 4.13. The van der Waals surface area contributed by atoms with Gasteiger partial charge in [0.1, 0.15) is 5.75 Å². The van der Waals surface area contributed by atoms with E-state index >= 15 is 0 Å². The lowest BCUT2D eigenvalue weighted by Crippen LogP contribution is -2.00. The van der Waals surface area contributed by atoms with Gasteiger partial charge in [0.15, 0.2) is 11.0 Å². The lowest BCUT2D eigenvalue weighted by atomic mass is 10.1. The molecule has 0 N–H and O–H groups in total. The third-order valence-electron chi connectivity index (χ3n) is 3.74. The molecule has 0 fully saturated rings. The van der Waals surface area contributed by atoms with Gasteiger partial charge in [0.2, 0.25) is 0 Å². The lowest BCUT2D eigenvalue weighted by Gasteiger charge is -2.08. The van der Waals surface area contributed by atoms with Crippen LogP contribution >= 0.6 is 11.8 Å². The Kier molecular flexibility index (Phi) is 5.71. The average Bonchev–Trinajstić information content (AvgIpc) is 2.95. The number of rotatable bonds is 7. The predicted molar refractivity (Wildman–Crippen MR) is 101 cm³/mol. The van der Waals surface area contributed by atoms with Gasteiger partial charge in [-0.05, 0) is 55.7 Å². The van der Waals surface area contributed by atoms with Crippen LogP contribution in [0.15, 0.2) is 47.9 Å². The maximum atomic E-state index is 5.85. The summed E-state index contributed by atoms with van der Waals surface area (Å²) >= 11 is 1.69. The number of aromatic nitrogens is 4. The number of ether oxygens (including phenoxy) is 1. The summed E-state index contributed by atoms with van der Waals surface area (Å²) in [6.45, 7) is 4.87. The summed E-state index contributed by atoms with van der Waals surface area (Å²) in [6, 6.07) is 10.2. The minimum atomic E-state index is 0.698. The van der Waals surface area contributed by atoms with Crippen LogP contribution < -0.4 is 4.74 Å². The predicted octanol–water partition coefficient (Wildman–Crippen LogP) is 4.06. The quantitative estimate of drug-likeness (QED) is 0.473. The zero-order valence-electron chi connectivity index (χ0n) is 14.8. The molecule has 5 nitrogen and oxygen atoms in total. The summed E-state index contributed by atoms with van der Waals surface area (Å²) in [7, 11) is 1.98. The van der Waals surface area contributed by atoms with Crippen LogP contribution in [-0.2, 0) is 7.05 Å². The monoisotopic (exact) mass is 354 g/mol. The highest BCUT2D eigenvalue weighted by molar-refractivity contribution is 7.99. The van der Waals surface area contributed by atoms with Crippen LogP contribution in [0.2, 0.25) is 0 Å². The second kappa shape index (κ2) is 8.16. The highest BCUT2D eigenvalue weighted by atomic mass is 32.2. The molecule has 2 heterocycles. The van der Waals surface area contributed by atoms with Gasteiger partial charge in [-0.2, -0.15) is 0 Å². The highest BCUT2D eigenvalue weighted by Crippen LogP contribution is 2.22. The molecule has 0 saturated heterocycles. The number of thioether (sulfide) groups is 1. The second-order valence-electron chi connectivity index (χ2n) is 5.98. The summed E-state index contributed by atoms with van der Waals surface area (Å²) in [5, 5.41) is 9.46. The molecule has 0 aliphatic carbocycles. The molecule has 0 spiro atoms. The molecule has 3 rings (SSSR count). The molecular formula is C19H22N4OS. The van der Waals surface area contributed by atoms with E-state index in [1.165, 1.54) is 11.1 Å². The van der Waals surface area contributed by atoms with Gasteiger partial charge < -0.3 is 9.30 Å². The normalized spacial score (nSPS) is 10.8. The maximum Gasteiger partial charge on any atom is 0.191 e.